The third kappa shape index (κ3) is 2.87. The van der Waals surface area contributed by atoms with Crippen molar-refractivity contribution < 1.29 is 8.42 Å². The van der Waals surface area contributed by atoms with Gasteiger partial charge in [0.25, 0.3) is 0 Å². The van der Waals surface area contributed by atoms with E-state index in [2.05, 4.69) is 0 Å². The summed E-state index contributed by atoms with van der Waals surface area (Å²) in [7, 11) is -3.07. The standard InChI is InChI=1S/C13H21NO2S/c1-10(17(4,15)16)13(2,3)12-8-6-5-7-11(12)9-14/h5-8,10H,9,14H2,1-4H3. The Bertz CT molecular complexity index is 492. The number of hydrogen-bond donors (Lipinski definition) is 1. The molecule has 1 aromatic rings. The van der Waals surface area contributed by atoms with Crippen LogP contribution in [0.2, 0.25) is 0 Å². The summed E-state index contributed by atoms with van der Waals surface area (Å²) in [5.74, 6) is 0. The van der Waals surface area contributed by atoms with Gasteiger partial charge in [-0.1, -0.05) is 38.1 Å². The van der Waals surface area contributed by atoms with Gasteiger partial charge in [0.15, 0.2) is 9.84 Å². The van der Waals surface area contributed by atoms with Crippen LogP contribution in [0.1, 0.15) is 31.9 Å². The molecular formula is C13H21NO2S. The molecule has 0 aliphatic rings. The number of hydrogen-bond acceptors (Lipinski definition) is 3. The van der Waals surface area contributed by atoms with Crippen molar-refractivity contribution in [2.45, 2.75) is 38.0 Å². The highest BCUT2D eigenvalue weighted by atomic mass is 32.2. The molecule has 0 spiro atoms. The molecule has 0 bridgehead atoms. The first kappa shape index (κ1) is 14.2. The molecule has 2 N–H and O–H groups in total. The molecule has 0 heterocycles. The minimum Gasteiger partial charge on any atom is -0.326 e. The first-order valence-electron chi connectivity index (χ1n) is 5.68. The van der Waals surface area contributed by atoms with E-state index in [-0.39, 0.29) is 0 Å². The Balaban J connectivity index is 3.30. The molecule has 0 saturated heterocycles. The fraction of sp³-hybridized carbons (Fsp3) is 0.538. The van der Waals surface area contributed by atoms with Crippen LogP contribution in [0.25, 0.3) is 0 Å². The fourth-order valence-electron chi connectivity index (χ4n) is 2.08. The molecule has 4 heteroatoms. The lowest BCUT2D eigenvalue weighted by atomic mass is 9.79. The van der Waals surface area contributed by atoms with Gasteiger partial charge in [-0.2, -0.15) is 0 Å². The molecular weight excluding hydrogens is 234 g/mol. The Morgan fingerprint density at radius 2 is 1.82 bits per heavy atom. The minimum atomic E-state index is -3.07. The Kier molecular flexibility index (Phi) is 3.99. The fourth-order valence-corrected chi connectivity index (χ4v) is 3.28. The molecule has 0 radical (unpaired) electrons. The molecule has 0 aliphatic carbocycles. The van der Waals surface area contributed by atoms with Gasteiger partial charge in [-0.3, -0.25) is 0 Å². The van der Waals surface area contributed by atoms with Crippen LogP contribution in [0.5, 0.6) is 0 Å². The summed E-state index contributed by atoms with van der Waals surface area (Å²) in [5, 5.41) is -0.442. The third-order valence-corrected chi connectivity index (χ3v) is 5.46. The zero-order valence-corrected chi connectivity index (χ0v) is 11.7. The Labute approximate surface area is 104 Å². The van der Waals surface area contributed by atoms with Crippen LogP contribution in [0.4, 0.5) is 0 Å². The zero-order valence-electron chi connectivity index (χ0n) is 10.9. The van der Waals surface area contributed by atoms with Crippen LogP contribution in [-0.2, 0) is 21.8 Å². The zero-order chi connectivity index (χ0) is 13.3. The Morgan fingerprint density at radius 3 is 2.29 bits per heavy atom. The van der Waals surface area contributed by atoms with E-state index in [0.717, 1.165) is 11.1 Å². The topological polar surface area (TPSA) is 60.2 Å². The molecule has 3 nitrogen and oxygen atoms in total. The van der Waals surface area contributed by atoms with Gasteiger partial charge >= 0.3 is 0 Å². The van der Waals surface area contributed by atoms with Gasteiger partial charge in [0.05, 0.1) is 5.25 Å². The van der Waals surface area contributed by atoms with E-state index < -0.39 is 20.5 Å². The van der Waals surface area contributed by atoms with Crippen molar-refractivity contribution in [3.05, 3.63) is 35.4 Å². The maximum Gasteiger partial charge on any atom is 0.150 e. The van der Waals surface area contributed by atoms with Crippen LogP contribution < -0.4 is 5.73 Å². The molecule has 1 atom stereocenters. The van der Waals surface area contributed by atoms with E-state index in [9.17, 15) is 8.42 Å². The van der Waals surface area contributed by atoms with Gasteiger partial charge < -0.3 is 5.73 Å². The van der Waals surface area contributed by atoms with E-state index in [1.165, 1.54) is 6.26 Å². The Morgan fingerprint density at radius 1 is 1.29 bits per heavy atom. The van der Waals surface area contributed by atoms with Crippen LogP contribution in [0.3, 0.4) is 0 Å². The number of rotatable bonds is 4. The monoisotopic (exact) mass is 255 g/mol. The lowest BCUT2D eigenvalue weighted by Crippen LogP contribution is -2.38. The van der Waals surface area contributed by atoms with Crippen molar-refractivity contribution in [1.82, 2.24) is 0 Å². The van der Waals surface area contributed by atoms with Crippen LogP contribution in [0.15, 0.2) is 24.3 Å². The number of benzene rings is 1. The molecule has 0 saturated carbocycles. The van der Waals surface area contributed by atoms with Crippen molar-refractivity contribution in [3.8, 4) is 0 Å². The minimum absolute atomic E-state index is 0.427. The molecule has 0 aromatic heterocycles. The lowest BCUT2D eigenvalue weighted by Gasteiger charge is -2.32. The normalized spacial score (nSPS) is 14.6. The van der Waals surface area contributed by atoms with E-state index >= 15 is 0 Å². The predicted octanol–water partition coefficient (Wildman–Crippen LogP) is 1.86. The molecule has 1 rings (SSSR count). The predicted molar refractivity (Wildman–Crippen MR) is 71.7 cm³/mol. The molecule has 17 heavy (non-hydrogen) atoms. The van der Waals surface area contributed by atoms with Crippen molar-refractivity contribution >= 4 is 9.84 Å². The summed E-state index contributed by atoms with van der Waals surface area (Å²) in [6.45, 7) is 6.08. The summed E-state index contributed by atoms with van der Waals surface area (Å²) in [6, 6.07) is 7.76. The second kappa shape index (κ2) is 4.78. The summed E-state index contributed by atoms with van der Waals surface area (Å²) < 4.78 is 23.4. The van der Waals surface area contributed by atoms with Crippen LogP contribution in [0, 0.1) is 0 Å². The molecule has 0 amide bonds. The van der Waals surface area contributed by atoms with Gasteiger partial charge in [-0.15, -0.1) is 0 Å². The molecule has 0 aliphatic heterocycles. The van der Waals surface area contributed by atoms with Gasteiger partial charge in [-0.05, 0) is 18.1 Å². The van der Waals surface area contributed by atoms with Gasteiger partial charge in [0.1, 0.15) is 0 Å². The maximum atomic E-state index is 11.7. The average Bonchev–Trinajstić information content (AvgIpc) is 2.26. The van der Waals surface area contributed by atoms with Crippen molar-refractivity contribution in [2.75, 3.05) is 6.26 Å². The summed E-state index contributed by atoms with van der Waals surface area (Å²) in [4.78, 5) is 0. The number of sulfone groups is 1. The van der Waals surface area contributed by atoms with Crippen molar-refractivity contribution in [2.24, 2.45) is 5.73 Å². The Hall–Kier alpha value is -0.870. The number of nitrogens with two attached hydrogens (primary N) is 1. The molecule has 1 unspecified atom stereocenters. The highest BCUT2D eigenvalue weighted by Gasteiger charge is 2.35. The van der Waals surface area contributed by atoms with Crippen molar-refractivity contribution in [3.63, 3.8) is 0 Å². The smallest absolute Gasteiger partial charge is 0.150 e. The average molecular weight is 255 g/mol. The van der Waals surface area contributed by atoms with Crippen molar-refractivity contribution in [1.29, 1.82) is 0 Å². The summed E-state index contributed by atoms with van der Waals surface area (Å²) in [5.41, 5.74) is 7.29. The molecule has 96 valence electrons. The van der Waals surface area contributed by atoms with E-state index in [1.54, 1.807) is 6.92 Å². The largest absolute Gasteiger partial charge is 0.326 e. The van der Waals surface area contributed by atoms with E-state index in [1.807, 2.05) is 38.1 Å². The summed E-state index contributed by atoms with van der Waals surface area (Å²) >= 11 is 0. The SMILES string of the molecule is CC(C(C)(C)c1ccccc1CN)S(C)(=O)=O. The van der Waals surface area contributed by atoms with Crippen LogP contribution >= 0.6 is 0 Å². The second-order valence-electron chi connectivity index (χ2n) is 5.05. The van der Waals surface area contributed by atoms with Gasteiger partial charge in [-0.25, -0.2) is 8.42 Å². The lowest BCUT2D eigenvalue weighted by molar-refractivity contribution is 0.482. The molecule has 0 fully saturated rings. The first-order chi connectivity index (χ1) is 7.71. The maximum absolute atomic E-state index is 11.7. The highest BCUT2D eigenvalue weighted by Crippen LogP contribution is 2.33. The van der Waals surface area contributed by atoms with Gasteiger partial charge in [0.2, 0.25) is 0 Å². The highest BCUT2D eigenvalue weighted by molar-refractivity contribution is 7.91. The second-order valence-corrected chi connectivity index (χ2v) is 7.42. The quantitative estimate of drug-likeness (QED) is 0.893. The van der Waals surface area contributed by atoms with E-state index in [0.29, 0.717) is 6.54 Å². The third-order valence-electron chi connectivity index (χ3n) is 3.59. The van der Waals surface area contributed by atoms with E-state index in [4.69, 9.17) is 5.73 Å². The van der Waals surface area contributed by atoms with Crippen LogP contribution in [-0.4, -0.2) is 19.9 Å². The molecule has 1 aromatic carbocycles. The van der Waals surface area contributed by atoms with Gasteiger partial charge in [0, 0.05) is 18.2 Å². The first-order valence-corrected chi connectivity index (χ1v) is 7.64. The summed E-state index contributed by atoms with van der Waals surface area (Å²) in [6.07, 6.45) is 1.28.